The quantitative estimate of drug-likeness (QED) is 0.893. The third-order valence-corrected chi connectivity index (χ3v) is 5.46. The zero-order chi connectivity index (χ0) is 18.3. The highest BCUT2D eigenvalue weighted by Gasteiger charge is 2.43. The van der Waals surface area contributed by atoms with Gasteiger partial charge in [0.15, 0.2) is 0 Å². The van der Waals surface area contributed by atoms with Gasteiger partial charge in [-0.25, -0.2) is 0 Å². The molecule has 138 valence electrons. The largest absolute Gasteiger partial charge is 0.497 e. The molecular formula is C20H25N3O3. The van der Waals surface area contributed by atoms with Gasteiger partial charge in [0.05, 0.1) is 24.9 Å². The van der Waals surface area contributed by atoms with Crippen LogP contribution in [0.15, 0.2) is 28.8 Å². The van der Waals surface area contributed by atoms with Gasteiger partial charge >= 0.3 is 0 Å². The molecule has 2 unspecified atom stereocenters. The van der Waals surface area contributed by atoms with Gasteiger partial charge in [0, 0.05) is 12.6 Å². The summed E-state index contributed by atoms with van der Waals surface area (Å²) < 4.78 is 10.6. The van der Waals surface area contributed by atoms with Gasteiger partial charge in [-0.05, 0) is 50.8 Å². The molecule has 1 saturated carbocycles. The maximum Gasteiger partial charge on any atom is 0.257 e. The van der Waals surface area contributed by atoms with Gasteiger partial charge in [-0.15, -0.1) is 0 Å². The first kappa shape index (κ1) is 17.1. The van der Waals surface area contributed by atoms with Crippen molar-refractivity contribution in [2.24, 2.45) is 0 Å². The predicted molar refractivity (Wildman–Crippen MR) is 97.3 cm³/mol. The molecule has 1 aromatic carbocycles. The van der Waals surface area contributed by atoms with Crippen molar-refractivity contribution in [2.45, 2.75) is 51.2 Å². The number of rotatable bonds is 5. The SMILES string of the molecule is COc1cccc(C2C(NC(=O)c3c(C)noc3C)CCN2C2CC2)c1. The minimum atomic E-state index is -0.100. The molecule has 2 atom stereocenters. The number of nitrogens with zero attached hydrogens (tertiary/aromatic N) is 2. The predicted octanol–water partition coefficient (Wildman–Crippen LogP) is 3.01. The Morgan fingerprint density at radius 3 is 2.77 bits per heavy atom. The zero-order valence-corrected chi connectivity index (χ0v) is 15.5. The third-order valence-electron chi connectivity index (χ3n) is 5.46. The first-order valence-electron chi connectivity index (χ1n) is 9.22. The highest BCUT2D eigenvalue weighted by Crippen LogP contribution is 2.41. The van der Waals surface area contributed by atoms with Gasteiger partial charge < -0.3 is 14.6 Å². The van der Waals surface area contributed by atoms with Crippen LogP contribution >= 0.6 is 0 Å². The number of benzene rings is 1. The highest BCUT2D eigenvalue weighted by molar-refractivity contribution is 5.96. The van der Waals surface area contributed by atoms with Crippen molar-refractivity contribution in [1.29, 1.82) is 0 Å². The fraction of sp³-hybridized carbons (Fsp3) is 0.500. The molecule has 1 N–H and O–H groups in total. The lowest BCUT2D eigenvalue weighted by Crippen LogP contribution is -2.40. The number of carbonyl (C=O) groups excluding carboxylic acids is 1. The van der Waals surface area contributed by atoms with E-state index < -0.39 is 0 Å². The van der Waals surface area contributed by atoms with Crippen LogP contribution in [0.25, 0.3) is 0 Å². The van der Waals surface area contributed by atoms with Crippen LogP contribution in [0.4, 0.5) is 0 Å². The van der Waals surface area contributed by atoms with Gasteiger partial charge in [-0.2, -0.15) is 0 Å². The van der Waals surface area contributed by atoms with Crippen LogP contribution < -0.4 is 10.1 Å². The fourth-order valence-electron chi connectivity index (χ4n) is 4.08. The Labute approximate surface area is 153 Å². The summed E-state index contributed by atoms with van der Waals surface area (Å²) in [6.07, 6.45) is 3.42. The Hall–Kier alpha value is -2.34. The van der Waals surface area contributed by atoms with Crippen LogP contribution in [0.1, 0.15) is 52.7 Å². The smallest absolute Gasteiger partial charge is 0.257 e. The molecule has 0 bridgehead atoms. The van der Waals surface area contributed by atoms with E-state index in [0.717, 1.165) is 18.7 Å². The lowest BCUT2D eigenvalue weighted by molar-refractivity contribution is 0.0921. The van der Waals surface area contributed by atoms with Crippen molar-refractivity contribution in [1.82, 2.24) is 15.4 Å². The lowest BCUT2D eigenvalue weighted by atomic mass is 9.99. The van der Waals surface area contributed by atoms with E-state index in [1.54, 1.807) is 21.0 Å². The second-order valence-corrected chi connectivity index (χ2v) is 7.26. The first-order chi connectivity index (χ1) is 12.6. The van der Waals surface area contributed by atoms with Crippen LogP contribution in [-0.4, -0.2) is 41.7 Å². The van der Waals surface area contributed by atoms with Crippen molar-refractivity contribution in [2.75, 3.05) is 13.7 Å². The summed E-state index contributed by atoms with van der Waals surface area (Å²) >= 11 is 0. The molecule has 4 rings (SSSR count). The maximum absolute atomic E-state index is 12.8. The van der Waals surface area contributed by atoms with Crippen LogP contribution in [0.3, 0.4) is 0 Å². The van der Waals surface area contributed by atoms with E-state index in [2.05, 4.69) is 27.5 Å². The highest BCUT2D eigenvalue weighted by atomic mass is 16.5. The van der Waals surface area contributed by atoms with Gasteiger partial charge in [0.1, 0.15) is 17.1 Å². The number of ether oxygens (including phenoxy) is 1. The number of methoxy groups -OCH3 is 1. The van der Waals surface area contributed by atoms with Crippen molar-refractivity contribution < 1.29 is 14.1 Å². The van der Waals surface area contributed by atoms with Gasteiger partial charge in [-0.1, -0.05) is 17.3 Å². The summed E-state index contributed by atoms with van der Waals surface area (Å²) in [4.78, 5) is 15.4. The molecule has 0 radical (unpaired) electrons. The van der Waals surface area contributed by atoms with E-state index in [9.17, 15) is 4.79 Å². The van der Waals surface area contributed by atoms with E-state index in [4.69, 9.17) is 9.26 Å². The standard InChI is InChI=1S/C20H25N3O3/c1-12-18(13(2)26-22-12)20(24)21-17-9-10-23(15-7-8-15)19(17)14-5-4-6-16(11-14)25-3/h4-6,11,15,17,19H,7-10H2,1-3H3,(H,21,24). The Balaban J connectivity index is 1.60. The molecular weight excluding hydrogens is 330 g/mol. The number of aryl methyl sites for hydroxylation is 2. The number of amides is 1. The maximum atomic E-state index is 12.8. The first-order valence-corrected chi connectivity index (χ1v) is 9.22. The van der Waals surface area contributed by atoms with Crippen molar-refractivity contribution in [3.8, 4) is 5.75 Å². The van der Waals surface area contributed by atoms with E-state index in [0.29, 0.717) is 23.1 Å². The van der Waals surface area contributed by atoms with E-state index >= 15 is 0 Å². The number of aromatic nitrogens is 1. The Kier molecular flexibility index (Phi) is 4.44. The normalized spacial score (nSPS) is 23.2. The van der Waals surface area contributed by atoms with Crippen molar-refractivity contribution in [3.63, 3.8) is 0 Å². The monoisotopic (exact) mass is 355 g/mol. The molecule has 2 aliphatic rings. The number of hydrogen-bond acceptors (Lipinski definition) is 5. The Bertz CT molecular complexity index is 793. The van der Waals surface area contributed by atoms with Crippen LogP contribution in [-0.2, 0) is 0 Å². The fourth-order valence-corrected chi connectivity index (χ4v) is 4.08. The molecule has 26 heavy (non-hydrogen) atoms. The van der Waals surface area contributed by atoms with Crippen LogP contribution in [0, 0.1) is 13.8 Å². The van der Waals surface area contributed by atoms with Crippen molar-refractivity contribution >= 4 is 5.91 Å². The van der Waals surface area contributed by atoms with E-state index in [-0.39, 0.29) is 18.0 Å². The summed E-state index contributed by atoms with van der Waals surface area (Å²) in [7, 11) is 1.68. The molecule has 1 amide bonds. The second-order valence-electron chi connectivity index (χ2n) is 7.26. The number of hydrogen-bond donors (Lipinski definition) is 1. The molecule has 1 aromatic heterocycles. The molecule has 6 nitrogen and oxygen atoms in total. The summed E-state index contributed by atoms with van der Waals surface area (Å²) in [5.74, 6) is 1.31. The van der Waals surface area contributed by atoms with Crippen LogP contribution in [0.2, 0.25) is 0 Å². The summed E-state index contributed by atoms with van der Waals surface area (Å²) in [5.41, 5.74) is 2.38. The summed E-state index contributed by atoms with van der Waals surface area (Å²) in [6, 6.07) is 9.05. The number of nitrogens with one attached hydrogen (secondary N) is 1. The minimum Gasteiger partial charge on any atom is -0.497 e. The average molecular weight is 355 g/mol. The molecule has 2 heterocycles. The van der Waals surface area contributed by atoms with Gasteiger partial charge in [0.2, 0.25) is 0 Å². The molecule has 0 spiro atoms. The molecule has 6 heteroatoms. The molecule has 2 aromatic rings. The summed E-state index contributed by atoms with van der Waals surface area (Å²) in [6.45, 7) is 4.58. The van der Waals surface area contributed by atoms with Gasteiger partial charge in [-0.3, -0.25) is 9.69 Å². The molecule has 1 saturated heterocycles. The Morgan fingerprint density at radius 1 is 1.31 bits per heavy atom. The lowest BCUT2D eigenvalue weighted by Gasteiger charge is -2.29. The third kappa shape index (κ3) is 3.09. The van der Waals surface area contributed by atoms with E-state index in [1.165, 1.54) is 18.4 Å². The van der Waals surface area contributed by atoms with E-state index in [1.807, 2.05) is 12.1 Å². The summed E-state index contributed by atoms with van der Waals surface area (Å²) in [5, 5.41) is 7.14. The minimum absolute atomic E-state index is 0.0592. The number of likely N-dealkylation sites (tertiary alicyclic amines) is 1. The molecule has 2 fully saturated rings. The molecule has 1 aliphatic carbocycles. The van der Waals surface area contributed by atoms with Crippen molar-refractivity contribution in [3.05, 3.63) is 46.8 Å². The second kappa shape index (κ2) is 6.76. The van der Waals surface area contributed by atoms with Gasteiger partial charge in [0.25, 0.3) is 5.91 Å². The zero-order valence-electron chi connectivity index (χ0n) is 15.5. The number of carbonyl (C=O) groups is 1. The average Bonchev–Trinajstić information content (AvgIpc) is 3.32. The van der Waals surface area contributed by atoms with Crippen LogP contribution in [0.5, 0.6) is 5.75 Å². The Morgan fingerprint density at radius 2 is 2.12 bits per heavy atom. The molecule has 1 aliphatic heterocycles. The topological polar surface area (TPSA) is 67.6 Å².